The Bertz CT molecular complexity index is 1010. The van der Waals surface area contributed by atoms with Gasteiger partial charge < -0.3 is 24.7 Å². The van der Waals surface area contributed by atoms with Gasteiger partial charge in [0.15, 0.2) is 11.8 Å². The van der Waals surface area contributed by atoms with Crippen LogP contribution in [0.2, 0.25) is 0 Å². The van der Waals surface area contributed by atoms with Crippen LogP contribution in [-0.4, -0.2) is 22.2 Å². The number of hydrogen-bond acceptors (Lipinski definition) is 5. The molecular weight excluding hydrogens is 362 g/mol. The van der Waals surface area contributed by atoms with Crippen LogP contribution in [-0.2, 0) is 4.79 Å². The number of carbonyl (C=O) groups is 2. The molecule has 28 heavy (non-hydrogen) atoms. The van der Waals surface area contributed by atoms with Gasteiger partial charge >= 0.3 is 11.9 Å². The van der Waals surface area contributed by atoms with E-state index in [9.17, 15) is 19.8 Å². The number of furan rings is 1. The molecule has 0 aliphatic carbocycles. The number of rotatable bonds is 7. The summed E-state index contributed by atoms with van der Waals surface area (Å²) >= 11 is 0. The van der Waals surface area contributed by atoms with Gasteiger partial charge in [-0.1, -0.05) is 30.3 Å². The largest absolute Gasteiger partial charge is 0.479 e. The van der Waals surface area contributed by atoms with Crippen molar-refractivity contribution in [1.82, 2.24) is 0 Å². The van der Waals surface area contributed by atoms with Crippen molar-refractivity contribution in [2.45, 2.75) is 19.9 Å². The fourth-order valence-electron chi connectivity index (χ4n) is 2.95. The molecule has 1 atom stereocenters. The molecule has 7 heteroatoms. The van der Waals surface area contributed by atoms with E-state index in [1.54, 1.807) is 36.4 Å². The molecule has 144 valence electrons. The highest BCUT2D eigenvalue weighted by Gasteiger charge is 2.30. The van der Waals surface area contributed by atoms with E-state index in [1.165, 1.54) is 13.8 Å². The van der Waals surface area contributed by atoms with E-state index in [-0.39, 0.29) is 22.6 Å². The smallest absolute Gasteiger partial charge is 0.339 e. The van der Waals surface area contributed by atoms with E-state index in [0.29, 0.717) is 17.2 Å². The molecule has 0 saturated carbocycles. The summed E-state index contributed by atoms with van der Waals surface area (Å²) in [7, 11) is 0. The van der Waals surface area contributed by atoms with Gasteiger partial charge in [-0.05, 0) is 38.1 Å². The molecule has 3 N–H and O–H groups in total. The highest BCUT2D eigenvalue weighted by molar-refractivity contribution is 5.91. The predicted octanol–water partition coefficient (Wildman–Crippen LogP) is 4.62. The van der Waals surface area contributed by atoms with Gasteiger partial charge in [-0.2, -0.15) is 0 Å². The molecule has 0 amide bonds. The van der Waals surface area contributed by atoms with Gasteiger partial charge in [-0.3, -0.25) is 0 Å². The monoisotopic (exact) mass is 381 g/mol. The van der Waals surface area contributed by atoms with Crippen LogP contribution < -0.4 is 10.1 Å². The fourth-order valence-corrected chi connectivity index (χ4v) is 2.95. The molecule has 0 saturated heterocycles. The van der Waals surface area contributed by atoms with Crippen LogP contribution in [0.25, 0.3) is 0 Å². The maximum absolute atomic E-state index is 11.9. The van der Waals surface area contributed by atoms with E-state index >= 15 is 0 Å². The lowest BCUT2D eigenvalue weighted by Gasteiger charge is -2.18. The van der Waals surface area contributed by atoms with Gasteiger partial charge in [0, 0.05) is 5.56 Å². The Morgan fingerprint density at radius 3 is 2.25 bits per heavy atom. The molecule has 1 unspecified atom stereocenters. The summed E-state index contributed by atoms with van der Waals surface area (Å²) in [5.41, 5.74) is 0.673. The molecule has 0 radical (unpaired) electrons. The molecular formula is C21H19NO6. The number of benzene rings is 2. The molecule has 2 aromatic carbocycles. The summed E-state index contributed by atoms with van der Waals surface area (Å²) in [6, 6.07) is 14.7. The van der Waals surface area contributed by atoms with Crippen molar-refractivity contribution in [1.29, 1.82) is 0 Å². The number of aromatic carboxylic acids is 1. The highest BCUT2D eigenvalue weighted by Crippen LogP contribution is 2.34. The van der Waals surface area contributed by atoms with Gasteiger partial charge in [0.05, 0.1) is 5.69 Å². The lowest BCUT2D eigenvalue weighted by Crippen LogP contribution is -2.21. The Morgan fingerprint density at radius 1 is 1.00 bits per heavy atom. The van der Waals surface area contributed by atoms with E-state index in [1.807, 2.05) is 18.2 Å². The number of nitrogens with one attached hydrogen (secondary N) is 1. The van der Waals surface area contributed by atoms with Crippen LogP contribution in [0, 0.1) is 13.8 Å². The van der Waals surface area contributed by atoms with Gasteiger partial charge in [-0.15, -0.1) is 0 Å². The van der Waals surface area contributed by atoms with Crippen molar-refractivity contribution in [2.75, 3.05) is 5.32 Å². The van der Waals surface area contributed by atoms with Gasteiger partial charge in [-0.25, -0.2) is 9.59 Å². The van der Waals surface area contributed by atoms with E-state index < -0.39 is 18.0 Å². The average Bonchev–Trinajstić information content (AvgIpc) is 2.95. The third-order valence-corrected chi connectivity index (χ3v) is 4.24. The first-order valence-corrected chi connectivity index (χ1v) is 8.53. The highest BCUT2D eigenvalue weighted by atomic mass is 16.5. The number of carboxylic acid groups (broad SMARTS) is 2. The molecule has 0 aliphatic heterocycles. The fraction of sp³-hybridized carbons (Fsp3) is 0.143. The summed E-state index contributed by atoms with van der Waals surface area (Å²) in [5, 5.41) is 21.9. The molecule has 1 heterocycles. The zero-order chi connectivity index (χ0) is 20.3. The van der Waals surface area contributed by atoms with Crippen LogP contribution >= 0.6 is 0 Å². The third-order valence-electron chi connectivity index (χ3n) is 4.24. The number of para-hydroxylation sites is 3. The minimum Gasteiger partial charge on any atom is -0.479 e. The molecule has 0 spiro atoms. The van der Waals surface area contributed by atoms with Crippen molar-refractivity contribution < 1.29 is 29.0 Å². The average molecular weight is 381 g/mol. The number of hydrogen-bond donors (Lipinski definition) is 3. The lowest BCUT2D eigenvalue weighted by molar-refractivity contribution is -0.138. The second-order valence-electron chi connectivity index (χ2n) is 6.15. The van der Waals surface area contributed by atoms with Crippen LogP contribution in [0.4, 0.5) is 5.69 Å². The Hall–Kier alpha value is -3.74. The molecule has 1 aromatic heterocycles. The minimum absolute atomic E-state index is 0.0307. The van der Waals surface area contributed by atoms with Crippen LogP contribution in [0.15, 0.2) is 59.0 Å². The first-order valence-electron chi connectivity index (χ1n) is 8.53. The molecule has 0 bridgehead atoms. The number of aryl methyl sites for hydroxylation is 1. The number of aliphatic carboxylic acids is 1. The molecule has 7 nitrogen and oxygen atoms in total. The Kier molecular flexibility index (Phi) is 5.35. The zero-order valence-electron chi connectivity index (χ0n) is 15.3. The summed E-state index contributed by atoms with van der Waals surface area (Å²) in [6.45, 7) is 3.02. The van der Waals surface area contributed by atoms with E-state index in [2.05, 4.69) is 5.32 Å². The first kappa shape index (κ1) is 19.0. The van der Waals surface area contributed by atoms with Crippen molar-refractivity contribution in [2.24, 2.45) is 0 Å². The number of carboxylic acids is 2. The van der Waals surface area contributed by atoms with Gasteiger partial charge in [0.25, 0.3) is 0 Å². The summed E-state index contributed by atoms with van der Waals surface area (Å²) in [4.78, 5) is 23.3. The predicted molar refractivity (Wildman–Crippen MR) is 102 cm³/mol. The van der Waals surface area contributed by atoms with Crippen molar-refractivity contribution >= 4 is 17.6 Å². The van der Waals surface area contributed by atoms with Crippen LogP contribution in [0.1, 0.15) is 33.5 Å². The van der Waals surface area contributed by atoms with Crippen molar-refractivity contribution in [3.05, 3.63) is 77.2 Å². The Morgan fingerprint density at radius 2 is 1.64 bits per heavy atom. The SMILES string of the molecule is Cc1oc(C(Nc2ccccc2Oc2ccccc2)C(=O)O)c(C)c1C(=O)O. The van der Waals surface area contributed by atoms with E-state index in [0.717, 1.165) is 0 Å². The van der Waals surface area contributed by atoms with E-state index in [4.69, 9.17) is 9.15 Å². The van der Waals surface area contributed by atoms with Crippen molar-refractivity contribution in [3.63, 3.8) is 0 Å². The first-order chi connectivity index (χ1) is 13.4. The van der Waals surface area contributed by atoms with Crippen molar-refractivity contribution in [3.8, 4) is 11.5 Å². The van der Waals surface area contributed by atoms with Crippen LogP contribution in [0.3, 0.4) is 0 Å². The summed E-state index contributed by atoms with van der Waals surface area (Å²) < 4.78 is 11.3. The lowest BCUT2D eigenvalue weighted by atomic mass is 10.1. The molecule has 0 aliphatic rings. The molecule has 3 aromatic rings. The zero-order valence-corrected chi connectivity index (χ0v) is 15.3. The molecule has 0 fully saturated rings. The summed E-state index contributed by atoms with van der Waals surface area (Å²) in [5.74, 6) is -1.15. The number of anilines is 1. The maximum Gasteiger partial charge on any atom is 0.339 e. The summed E-state index contributed by atoms with van der Waals surface area (Å²) in [6.07, 6.45) is 0. The second kappa shape index (κ2) is 7.87. The Balaban J connectivity index is 1.96. The quantitative estimate of drug-likeness (QED) is 0.547. The van der Waals surface area contributed by atoms with Crippen LogP contribution in [0.5, 0.6) is 11.5 Å². The molecule has 3 rings (SSSR count). The third kappa shape index (κ3) is 3.83. The van der Waals surface area contributed by atoms with Gasteiger partial charge in [0.2, 0.25) is 0 Å². The second-order valence-corrected chi connectivity index (χ2v) is 6.15. The topological polar surface area (TPSA) is 109 Å². The maximum atomic E-state index is 11.9. The van der Waals surface area contributed by atoms with Gasteiger partial charge in [0.1, 0.15) is 22.8 Å². The Labute approximate surface area is 161 Å². The number of ether oxygens (including phenoxy) is 1. The normalized spacial score (nSPS) is 11.6. The minimum atomic E-state index is -1.28. The standard InChI is InChI=1S/C21H19NO6/c1-12-17(20(23)24)13(2)27-19(12)18(21(25)26)22-15-10-6-7-11-16(15)28-14-8-4-3-5-9-14/h3-11,18,22H,1-2H3,(H,23,24)(H,25,26).